The van der Waals surface area contributed by atoms with Crippen molar-refractivity contribution in [2.45, 2.75) is 40.0 Å². The highest BCUT2D eigenvalue weighted by atomic mass is 16.5. The fraction of sp³-hybridized carbons (Fsp3) is 0.346. The van der Waals surface area contributed by atoms with Crippen LogP contribution in [0.1, 0.15) is 40.0 Å². The number of carbonyl (C=O) groups excluding carboxylic acids is 2. The van der Waals surface area contributed by atoms with E-state index in [2.05, 4.69) is 15.2 Å². The summed E-state index contributed by atoms with van der Waals surface area (Å²) in [5.74, 6) is -1.97. The average molecular weight is 448 g/mol. The molecule has 0 heterocycles. The summed E-state index contributed by atoms with van der Waals surface area (Å²) in [5, 5.41) is 19.4. The minimum Gasteiger partial charge on any atom is -0.511 e. The number of benzene rings is 2. The van der Waals surface area contributed by atoms with Crippen LogP contribution in [0.4, 0.5) is 17.1 Å². The second kappa shape index (κ2) is 10.3. The molecule has 33 heavy (non-hydrogen) atoms. The maximum atomic E-state index is 12.9. The number of allylic oxidation sites excluding steroid dienone is 1. The molecule has 1 atom stereocenters. The maximum absolute atomic E-state index is 12.9. The number of aliphatic imine (C=N–C) groups is 1. The van der Waals surface area contributed by atoms with Crippen molar-refractivity contribution in [3.05, 3.63) is 65.9 Å². The van der Waals surface area contributed by atoms with Crippen LogP contribution >= 0.6 is 0 Å². The Morgan fingerprint density at radius 1 is 1.00 bits per heavy atom. The predicted molar refractivity (Wildman–Crippen MR) is 128 cm³/mol. The van der Waals surface area contributed by atoms with Crippen molar-refractivity contribution < 1.29 is 19.4 Å². The van der Waals surface area contributed by atoms with Crippen LogP contribution in [0, 0.1) is 11.3 Å². The number of aliphatic hydroxyl groups excluding tert-OH is 1. The lowest BCUT2D eigenvalue weighted by Gasteiger charge is -2.37. The number of carbonyl (C=O) groups is 2. The summed E-state index contributed by atoms with van der Waals surface area (Å²) in [6, 6.07) is 16.6. The molecule has 1 aliphatic carbocycles. The van der Waals surface area contributed by atoms with E-state index in [-0.39, 0.29) is 23.5 Å². The van der Waals surface area contributed by atoms with Crippen LogP contribution in [-0.4, -0.2) is 29.7 Å². The monoisotopic (exact) mass is 447 g/mol. The van der Waals surface area contributed by atoms with E-state index < -0.39 is 17.3 Å². The number of hydrogen-bond acceptors (Lipinski definition) is 7. The molecule has 0 saturated heterocycles. The number of esters is 1. The number of hydrogen-bond donors (Lipinski definition) is 1. The molecular formula is C26H29N3O4. The first-order valence-corrected chi connectivity index (χ1v) is 11.0. The Bertz CT molecular complexity index is 1100. The lowest BCUT2D eigenvalue weighted by Crippen LogP contribution is -2.41. The molecule has 0 saturated carbocycles. The highest BCUT2D eigenvalue weighted by molar-refractivity contribution is 6.24. The van der Waals surface area contributed by atoms with Gasteiger partial charge in [-0.3, -0.25) is 14.6 Å². The van der Waals surface area contributed by atoms with Gasteiger partial charge in [-0.1, -0.05) is 39.0 Å². The molecule has 0 fully saturated rings. The van der Waals surface area contributed by atoms with Crippen LogP contribution in [0.3, 0.4) is 0 Å². The number of methoxy groups -OCH3 is 1. The summed E-state index contributed by atoms with van der Waals surface area (Å²) in [7, 11) is 1.28. The molecule has 0 spiro atoms. The first-order valence-electron chi connectivity index (χ1n) is 11.0. The molecule has 0 aliphatic heterocycles. The minimum absolute atomic E-state index is 0.124. The number of nitrogens with zero attached hydrogens (tertiary/aromatic N) is 3. The molecule has 0 unspecified atom stereocenters. The van der Waals surface area contributed by atoms with Gasteiger partial charge in [-0.25, -0.2) is 0 Å². The normalized spacial score (nSPS) is 19.2. The first-order chi connectivity index (χ1) is 15.8. The van der Waals surface area contributed by atoms with Crippen LogP contribution in [0.2, 0.25) is 0 Å². The van der Waals surface area contributed by atoms with Gasteiger partial charge >= 0.3 is 5.97 Å². The van der Waals surface area contributed by atoms with E-state index in [1.54, 1.807) is 24.3 Å². The zero-order valence-electron chi connectivity index (χ0n) is 19.4. The van der Waals surface area contributed by atoms with Gasteiger partial charge in [-0.15, -0.1) is 0 Å². The number of aliphatic hydroxyl groups is 1. The Labute approximate surface area is 193 Å². The summed E-state index contributed by atoms with van der Waals surface area (Å²) in [4.78, 5) is 30.0. The first kappa shape index (κ1) is 24.0. The van der Waals surface area contributed by atoms with Gasteiger partial charge in [0, 0.05) is 6.42 Å². The van der Waals surface area contributed by atoms with Gasteiger partial charge in [0.25, 0.3) is 0 Å². The van der Waals surface area contributed by atoms with Crippen LogP contribution in [0.5, 0.6) is 0 Å². The predicted octanol–water partition coefficient (Wildman–Crippen LogP) is 6.57. The lowest BCUT2D eigenvalue weighted by molar-refractivity contribution is -0.149. The molecule has 7 nitrogen and oxygen atoms in total. The van der Waals surface area contributed by atoms with E-state index in [0.29, 0.717) is 29.9 Å². The third-order valence-corrected chi connectivity index (χ3v) is 5.57. The Hall–Kier alpha value is -3.61. The number of rotatable bonds is 7. The zero-order valence-corrected chi connectivity index (χ0v) is 19.4. The van der Waals surface area contributed by atoms with Gasteiger partial charge < -0.3 is 9.84 Å². The van der Waals surface area contributed by atoms with Gasteiger partial charge in [0.15, 0.2) is 5.78 Å². The Kier molecular flexibility index (Phi) is 7.53. The largest absolute Gasteiger partial charge is 0.511 e. The summed E-state index contributed by atoms with van der Waals surface area (Å²) >= 11 is 0. The molecule has 0 radical (unpaired) electrons. The molecule has 0 amide bonds. The van der Waals surface area contributed by atoms with Crippen molar-refractivity contribution in [1.82, 2.24) is 0 Å². The second-order valence-corrected chi connectivity index (χ2v) is 8.67. The van der Waals surface area contributed by atoms with Crippen molar-refractivity contribution in [3.63, 3.8) is 0 Å². The van der Waals surface area contributed by atoms with Crippen molar-refractivity contribution in [2.24, 2.45) is 26.6 Å². The van der Waals surface area contributed by atoms with E-state index >= 15 is 0 Å². The number of ether oxygens (including phenoxy) is 1. The summed E-state index contributed by atoms with van der Waals surface area (Å²) in [5.41, 5.74) is 1.96. The molecule has 1 aliphatic rings. The molecule has 1 N–H and O–H groups in total. The van der Waals surface area contributed by atoms with E-state index in [1.165, 1.54) is 7.11 Å². The highest BCUT2D eigenvalue weighted by Crippen LogP contribution is 2.43. The van der Waals surface area contributed by atoms with Crippen LogP contribution in [-0.2, 0) is 14.3 Å². The molecule has 0 aromatic heterocycles. The Morgan fingerprint density at radius 3 is 2.15 bits per heavy atom. The molecule has 2 aromatic rings. The van der Waals surface area contributed by atoms with Crippen LogP contribution in [0.25, 0.3) is 0 Å². The van der Waals surface area contributed by atoms with E-state index in [9.17, 15) is 14.7 Å². The van der Waals surface area contributed by atoms with E-state index in [4.69, 9.17) is 4.74 Å². The van der Waals surface area contributed by atoms with Gasteiger partial charge in [0.05, 0.1) is 35.5 Å². The van der Waals surface area contributed by atoms with Gasteiger partial charge in [0.1, 0.15) is 11.7 Å². The maximum Gasteiger partial charge on any atom is 0.316 e. The Morgan fingerprint density at radius 2 is 1.58 bits per heavy atom. The Balaban J connectivity index is 1.96. The number of ketones is 1. The van der Waals surface area contributed by atoms with Gasteiger partial charge in [-0.05, 0) is 54.7 Å². The number of Topliss-reactive ketones (excluding diaryl/α,β-unsaturated/α-hetero) is 1. The van der Waals surface area contributed by atoms with E-state index in [1.807, 2.05) is 51.1 Å². The fourth-order valence-corrected chi connectivity index (χ4v) is 3.94. The molecule has 3 rings (SSSR count). The third-order valence-electron chi connectivity index (χ3n) is 5.57. The second-order valence-electron chi connectivity index (χ2n) is 8.67. The molecule has 2 aromatic carbocycles. The fourth-order valence-electron chi connectivity index (χ4n) is 3.94. The zero-order chi connectivity index (χ0) is 24.0. The van der Waals surface area contributed by atoms with Crippen LogP contribution in [0.15, 0.2) is 81.2 Å². The highest BCUT2D eigenvalue weighted by Gasteiger charge is 2.47. The summed E-state index contributed by atoms with van der Waals surface area (Å²) in [6.07, 6.45) is 1.22. The molecular weight excluding hydrogens is 418 g/mol. The molecule has 7 heteroatoms. The molecule has 172 valence electrons. The van der Waals surface area contributed by atoms with Crippen molar-refractivity contribution in [3.8, 4) is 0 Å². The van der Waals surface area contributed by atoms with Crippen molar-refractivity contribution in [2.75, 3.05) is 7.11 Å². The van der Waals surface area contributed by atoms with Gasteiger partial charge in [-0.2, -0.15) is 10.2 Å². The summed E-state index contributed by atoms with van der Waals surface area (Å²) in [6.45, 7) is 5.60. The van der Waals surface area contributed by atoms with Crippen LogP contribution < -0.4 is 0 Å². The van der Waals surface area contributed by atoms with E-state index in [0.717, 1.165) is 5.69 Å². The SMILES string of the molecule is CCCC(=O)C1=C(O)[C@@H](C(=O)OC)C(C)(C)CC1=Nc1ccc(N=Nc2ccccc2)cc1. The smallest absolute Gasteiger partial charge is 0.316 e. The third kappa shape index (κ3) is 5.61. The summed E-state index contributed by atoms with van der Waals surface area (Å²) < 4.78 is 4.90. The van der Waals surface area contributed by atoms with Crippen molar-refractivity contribution >= 4 is 34.5 Å². The lowest BCUT2D eigenvalue weighted by atomic mass is 9.67. The minimum atomic E-state index is -0.918. The van der Waals surface area contributed by atoms with Crippen molar-refractivity contribution in [1.29, 1.82) is 0 Å². The topological polar surface area (TPSA) is 101 Å². The quantitative estimate of drug-likeness (QED) is 0.383. The number of azo groups is 1. The standard InChI is InChI=1S/C26H29N3O4/c1-5-9-21(30)22-20(16-26(2,3)23(24(22)31)25(32)33-4)27-17-12-14-19(15-13-17)29-28-18-10-7-6-8-11-18/h6-8,10-15,23,31H,5,9,16H2,1-4H3/t23-/m0/s1. The van der Waals surface area contributed by atoms with Gasteiger partial charge in [0.2, 0.25) is 0 Å². The molecule has 0 bridgehead atoms. The average Bonchev–Trinajstić information content (AvgIpc) is 2.78.